The van der Waals surface area contributed by atoms with Crippen molar-refractivity contribution >= 4 is 10.0 Å². The van der Waals surface area contributed by atoms with E-state index in [1.807, 2.05) is 0 Å². The maximum absolute atomic E-state index is 12.4. The van der Waals surface area contributed by atoms with Gasteiger partial charge in [0.1, 0.15) is 5.75 Å². The van der Waals surface area contributed by atoms with E-state index >= 15 is 0 Å². The molecule has 0 aromatic heterocycles. The first kappa shape index (κ1) is 17.0. The van der Waals surface area contributed by atoms with Gasteiger partial charge in [-0.15, -0.1) is 13.2 Å². The molecule has 1 atom stereocenters. The molecule has 0 unspecified atom stereocenters. The van der Waals surface area contributed by atoms with E-state index in [4.69, 9.17) is 0 Å². The second-order valence-corrected chi connectivity index (χ2v) is 7.03. The Morgan fingerprint density at radius 1 is 1.32 bits per heavy atom. The van der Waals surface area contributed by atoms with E-state index in [0.717, 1.165) is 37.2 Å². The van der Waals surface area contributed by atoms with Gasteiger partial charge in [0.15, 0.2) is 0 Å². The van der Waals surface area contributed by atoms with Crippen LogP contribution in [0.1, 0.15) is 6.42 Å². The second-order valence-electron chi connectivity index (χ2n) is 5.09. The molecule has 1 aliphatic heterocycles. The number of sulfonamides is 1. The van der Waals surface area contributed by atoms with Crippen molar-refractivity contribution in [1.29, 1.82) is 0 Å². The monoisotopic (exact) mass is 338 g/mol. The molecule has 1 saturated heterocycles. The molecule has 2 rings (SSSR count). The molecule has 0 saturated carbocycles. The largest absolute Gasteiger partial charge is 0.573 e. The fraction of sp³-hybridized carbons (Fsp3) is 0.538. The van der Waals surface area contributed by atoms with Gasteiger partial charge in [-0.2, -0.15) is 4.31 Å². The van der Waals surface area contributed by atoms with Gasteiger partial charge in [0, 0.05) is 13.1 Å². The standard InChI is InChI=1S/C13H17F3N2O3S/c1-17-8-10-6-7-18(9-10)22(19,20)12-4-2-11(3-5-12)21-13(14,15)16/h2-5,10,17H,6-9H2,1H3/t10-/m0/s1. The summed E-state index contributed by atoms with van der Waals surface area (Å²) in [6, 6.07) is 4.26. The smallest absolute Gasteiger partial charge is 0.406 e. The molecule has 1 aliphatic rings. The summed E-state index contributed by atoms with van der Waals surface area (Å²) in [6.45, 7) is 1.55. The van der Waals surface area contributed by atoms with Gasteiger partial charge in [-0.25, -0.2) is 8.42 Å². The minimum atomic E-state index is -4.80. The summed E-state index contributed by atoms with van der Waals surface area (Å²) in [6.07, 6.45) is -4.04. The van der Waals surface area contributed by atoms with E-state index in [9.17, 15) is 21.6 Å². The van der Waals surface area contributed by atoms with Gasteiger partial charge in [-0.05, 0) is 50.2 Å². The zero-order valence-corrected chi connectivity index (χ0v) is 12.7. The van der Waals surface area contributed by atoms with Crippen LogP contribution in [0.2, 0.25) is 0 Å². The number of benzene rings is 1. The highest BCUT2D eigenvalue weighted by Crippen LogP contribution is 2.27. The van der Waals surface area contributed by atoms with Crippen LogP contribution < -0.4 is 10.1 Å². The van der Waals surface area contributed by atoms with Gasteiger partial charge >= 0.3 is 6.36 Å². The Hall–Kier alpha value is -1.32. The van der Waals surface area contributed by atoms with E-state index in [-0.39, 0.29) is 10.8 Å². The van der Waals surface area contributed by atoms with Crippen molar-refractivity contribution in [3.05, 3.63) is 24.3 Å². The minimum Gasteiger partial charge on any atom is -0.406 e. The zero-order chi connectivity index (χ0) is 16.4. The van der Waals surface area contributed by atoms with Crippen LogP contribution in [0.4, 0.5) is 13.2 Å². The lowest BCUT2D eigenvalue weighted by Gasteiger charge is -2.17. The van der Waals surface area contributed by atoms with Crippen LogP contribution in [0.25, 0.3) is 0 Å². The van der Waals surface area contributed by atoms with Crippen LogP contribution in [-0.2, 0) is 10.0 Å². The predicted octanol–water partition coefficient (Wildman–Crippen LogP) is 1.82. The van der Waals surface area contributed by atoms with Crippen molar-refractivity contribution in [2.45, 2.75) is 17.7 Å². The number of nitrogens with one attached hydrogen (secondary N) is 1. The maximum Gasteiger partial charge on any atom is 0.573 e. The normalized spacial score (nSPS) is 20.3. The number of nitrogens with zero attached hydrogens (tertiary/aromatic N) is 1. The summed E-state index contributed by atoms with van der Waals surface area (Å²) in [7, 11) is -1.88. The van der Waals surface area contributed by atoms with E-state index in [1.54, 1.807) is 7.05 Å². The van der Waals surface area contributed by atoms with Gasteiger partial charge < -0.3 is 10.1 Å². The molecule has 1 fully saturated rings. The molecular formula is C13H17F3N2O3S. The first-order valence-corrected chi connectivity index (χ1v) is 8.17. The quantitative estimate of drug-likeness (QED) is 0.890. The highest BCUT2D eigenvalue weighted by Gasteiger charge is 2.33. The average Bonchev–Trinajstić information content (AvgIpc) is 2.87. The molecule has 0 spiro atoms. The fourth-order valence-corrected chi connectivity index (χ4v) is 3.96. The van der Waals surface area contributed by atoms with E-state index in [2.05, 4.69) is 10.1 Å². The van der Waals surface area contributed by atoms with E-state index in [0.29, 0.717) is 13.1 Å². The minimum absolute atomic E-state index is 0.0351. The van der Waals surface area contributed by atoms with E-state index < -0.39 is 22.1 Å². The number of rotatable bonds is 5. The summed E-state index contributed by atoms with van der Waals surface area (Å²) in [4.78, 5) is -0.0351. The van der Waals surface area contributed by atoms with Crippen LogP contribution in [-0.4, -0.2) is 45.8 Å². The topological polar surface area (TPSA) is 58.6 Å². The number of alkyl halides is 3. The predicted molar refractivity (Wildman–Crippen MR) is 73.9 cm³/mol. The van der Waals surface area contributed by atoms with Crippen LogP contribution in [0.5, 0.6) is 5.75 Å². The molecule has 0 aliphatic carbocycles. The molecular weight excluding hydrogens is 321 g/mol. The van der Waals surface area contributed by atoms with Gasteiger partial charge in [0.25, 0.3) is 0 Å². The number of hydrogen-bond acceptors (Lipinski definition) is 4. The molecule has 1 aromatic rings. The number of ether oxygens (including phenoxy) is 1. The van der Waals surface area contributed by atoms with Crippen LogP contribution in [0, 0.1) is 5.92 Å². The zero-order valence-electron chi connectivity index (χ0n) is 11.9. The van der Waals surface area contributed by atoms with Crippen molar-refractivity contribution < 1.29 is 26.3 Å². The Morgan fingerprint density at radius 2 is 1.95 bits per heavy atom. The lowest BCUT2D eigenvalue weighted by atomic mass is 10.1. The van der Waals surface area contributed by atoms with E-state index in [1.165, 1.54) is 4.31 Å². The fourth-order valence-electron chi connectivity index (χ4n) is 2.43. The Kier molecular flexibility index (Phi) is 4.98. The molecule has 9 heteroatoms. The molecule has 1 heterocycles. The summed E-state index contributed by atoms with van der Waals surface area (Å²) < 4.78 is 66.2. The summed E-state index contributed by atoms with van der Waals surface area (Å²) in [5, 5.41) is 3.01. The molecule has 0 amide bonds. The molecule has 1 aromatic carbocycles. The average molecular weight is 338 g/mol. The Balaban J connectivity index is 2.10. The summed E-state index contributed by atoms with van der Waals surface area (Å²) >= 11 is 0. The van der Waals surface area contributed by atoms with Crippen molar-refractivity contribution in [1.82, 2.24) is 9.62 Å². The SMILES string of the molecule is CNC[C@@H]1CCN(S(=O)(=O)c2ccc(OC(F)(F)F)cc2)C1. The van der Waals surface area contributed by atoms with Gasteiger partial charge in [-0.1, -0.05) is 0 Å². The van der Waals surface area contributed by atoms with Crippen molar-refractivity contribution in [3.63, 3.8) is 0 Å². The van der Waals surface area contributed by atoms with Gasteiger partial charge in [0.05, 0.1) is 4.90 Å². The van der Waals surface area contributed by atoms with Crippen LogP contribution in [0.15, 0.2) is 29.2 Å². The molecule has 5 nitrogen and oxygen atoms in total. The Labute approximate surface area is 127 Å². The first-order valence-electron chi connectivity index (χ1n) is 6.73. The maximum atomic E-state index is 12.4. The van der Waals surface area contributed by atoms with Crippen LogP contribution in [0.3, 0.4) is 0 Å². The molecule has 124 valence electrons. The third-order valence-electron chi connectivity index (χ3n) is 3.44. The summed E-state index contributed by atoms with van der Waals surface area (Å²) in [5.41, 5.74) is 0. The molecule has 22 heavy (non-hydrogen) atoms. The molecule has 0 bridgehead atoms. The lowest BCUT2D eigenvalue weighted by molar-refractivity contribution is -0.274. The van der Waals surface area contributed by atoms with Crippen molar-refractivity contribution in [2.24, 2.45) is 5.92 Å². The second kappa shape index (κ2) is 6.43. The number of hydrogen-bond donors (Lipinski definition) is 1. The van der Waals surface area contributed by atoms with Crippen molar-refractivity contribution in [2.75, 3.05) is 26.7 Å². The Morgan fingerprint density at radius 3 is 2.50 bits per heavy atom. The lowest BCUT2D eigenvalue weighted by Crippen LogP contribution is -2.30. The molecule has 1 N–H and O–H groups in total. The first-order chi connectivity index (χ1) is 10.2. The van der Waals surface area contributed by atoms with Crippen LogP contribution >= 0.6 is 0 Å². The van der Waals surface area contributed by atoms with Gasteiger partial charge in [0.2, 0.25) is 10.0 Å². The van der Waals surface area contributed by atoms with Gasteiger partial charge in [-0.3, -0.25) is 0 Å². The third kappa shape index (κ3) is 4.11. The highest BCUT2D eigenvalue weighted by atomic mass is 32.2. The van der Waals surface area contributed by atoms with Crippen molar-refractivity contribution in [3.8, 4) is 5.75 Å². The third-order valence-corrected chi connectivity index (χ3v) is 5.32. The molecule has 0 radical (unpaired) electrons. The summed E-state index contributed by atoms with van der Waals surface area (Å²) in [5.74, 6) is -0.200. The Bertz CT molecular complexity index is 602. The highest BCUT2D eigenvalue weighted by molar-refractivity contribution is 7.89. The number of halogens is 3.